The molecule has 8 heteroatoms. The van der Waals surface area contributed by atoms with E-state index in [4.69, 9.17) is 0 Å². The van der Waals surface area contributed by atoms with Crippen molar-refractivity contribution in [2.75, 3.05) is 0 Å². The Kier molecular flexibility index (Phi) is 4.50. The molecule has 0 radical (unpaired) electrons. The second-order valence-corrected chi connectivity index (χ2v) is 6.18. The summed E-state index contributed by atoms with van der Waals surface area (Å²) in [7, 11) is -5.66. The monoisotopic (exact) mass is 333 g/mol. The summed E-state index contributed by atoms with van der Waals surface area (Å²) < 4.78 is 65.2. The third kappa shape index (κ3) is 3.62. The van der Waals surface area contributed by atoms with Crippen molar-refractivity contribution in [1.82, 2.24) is 4.57 Å². The lowest BCUT2D eigenvalue weighted by molar-refractivity contribution is -0.0500. The van der Waals surface area contributed by atoms with Crippen LogP contribution in [0.4, 0.5) is 13.2 Å². The quantitative estimate of drug-likeness (QED) is 0.623. The number of aromatic nitrogens is 1. The van der Waals surface area contributed by atoms with Gasteiger partial charge in [0.1, 0.15) is 0 Å². The van der Waals surface area contributed by atoms with E-state index in [1.165, 1.54) is 6.20 Å². The molecule has 2 aromatic rings. The van der Waals surface area contributed by atoms with Gasteiger partial charge < -0.3 is 8.75 Å². The minimum Gasteiger partial charge on any atom is -0.374 e. The van der Waals surface area contributed by atoms with Crippen LogP contribution < -0.4 is 4.18 Å². The molecule has 0 spiro atoms. The van der Waals surface area contributed by atoms with Crippen molar-refractivity contribution < 1.29 is 25.8 Å². The van der Waals surface area contributed by atoms with E-state index in [1.807, 2.05) is 30.3 Å². The molecule has 1 aromatic carbocycles. The Morgan fingerprint density at radius 2 is 1.77 bits per heavy atom. The first-order valence-corrected chi connectivity index (χ1v) is 7.87. The molecule has 0 bridgehead atoms. The van der Waals surface area contributed by atoms with Gasteiger partial charge in [-0.2, -0.15) is 21.6 Å². The Hall–Kier alpha value is -1.96. The summed E-state index contributed by atoms with van der Waals surface area (Å²) in [5.41, 5.74) is -4.12. The Balaban J connectivity index is 2.26. The maximum atomic E-state index is 12.4. The molecule has 0 saturated heterocycles. The van der Waals surface area contributed by atoms with Crippen molar-refractivity contribution in [3.63, 3.8) is 0 Å². The lowest BCUT2D eigenvalue weighted by Gasteiger charge is -2.09. The smallest absolute Gasteiger partial charge is 0.374 e. The molecule has 0 N–H and O–H groups in total. The van der Waals surface area contributed by atoms with Gasteiger partial charge in [0.05, 0.1) is 0 Å². The highest BCUT2D eigenvalue weighted by Crippen LogP contribution is 2.30. The number of aryl methyl sites for hydroxylation is 1. The predicted octanol–water partition coefficient (Wildman–Crippen LogP) is 3.33. The van der Waals surface area contributed by atoms with E-state index in [0.29, 0.717) is 18.5 Å². The van der Waals surface area contributed by atoms with Crippen LogP contribution in [0, 0.1) is 0 Å². The van der Waals surface area contributed by atoms with Crippen LogP contribution in [0.15, 0.2) is 42.7 Å². The minimum atomic E-state index is -5.66. The standard InChI is InChI=1S/C14H14F3NO3S/c1-2-12-9-18(8-11-6-4-3-5-7-11)10-13(12)21-22(19,20)14(15,16)17/h3-7,9-10H,2,8H2,1H3. The Bertz CT molecular complexity index is 736. The Labute approximate surface area is 126 Å². The first kappa shape index (κ1) is 16.4. The average molecular weight is 333 g/mol. The van der Waals surface area contributed by atoms with E-state index in [0.717, 1.165) is 5.56 Å². The van der Waals surface area contributed by atoms with E-state index in [2.05, 4.69) is 4.18 Å². The van der Waals surface area contributed by atoms with Crippen LogP contribution in [0.5, 0.6) is 5.75 Å². The van der Waals surface area contributed by atoms with E-state index < -0.39 is 15.6 Å². The summed E-state index contributed by atoms with van der Waals surface area (Å²) in [6, 6.07) is 9.24. The molecular formula is C14H14F3NO3S. The lowest BCUT2D eigenvalue weighted by atomic mass is 10.2. The third-order valence-electron chi connectivity index (χ3n) is 2.99. The zero-order chi connectivity index (χ0) is 16.4. The molecule has 0 unspecified atom stereocenters. The third-order valence-corrected chi connectivity index (χ3v) is 3.96. The summed E-state index contributed by atoms with van der Waals surface area (Å²) >= 11 is 0. The minimum absolute atomic E-state index is 0.296. The molecule has 0 aliphatic carbocycles. The molecule has 0 saturated carbocycles. The SMILES string of the molecule is CCc1cn(Cc2ccccc2)cc1OS(=O)(=O)C(F)(F)F. The topological polar surface area (TPSA) is 48.3 Å². The average Bonchev–Trinajstić information content (AvgIpc) is 2.79. The van der Waals surface area contributed by atoms with Gasteiger partial charge in [-0.25, -0.2) is 0 Å². The molecule has 22 heavy (non-hydrogen) atoms. The van der Waals surface area contributed by atoms with Crippen LogP contribution in [0.25, 0.3) is 0 Å². The van der Waals surface area contributed by atoms with E-state index >= 15 is 0 Å². The van der Waals surface area contributed by atoms with Gasteiger partial charge in [-0.1, -0.05) is 37.3 Å². The van der Waals surface area contributed by atoms with Crippen LogP contribution in [-0.4, -0.2) is 18.5 Å². The number of rotatable bonds is 5. The second-order valence-electron chi connectivity index (χ2n) is 4.64. The van der Waals surface area contributed by atoms with Gasteiger partial charge in [-0.05, 0) is 12.0 Å². The van der Waals surface area contributed by atoms with Crippen LogP contribution >= 0.6 is 0 Å². The maximum absolute atomic E-state index is 12.4. The van der Waals surface area contributed by atoms with Crippen LogP contribution in [0.1, 0.15) is 18.1 Å². The fourth-order valence-electron chi connectivity index (χ4n) is 1.93. The fourth-order valence-corrected chi connectivity index (χ4v) is 2.41. The highest BCUT2D eigenvalue weighted by atomic mass is 32.2. The molecular weight excluding hydrogens is 319 g/mol. The van der Waals surface area contributed by atoms with Crippen molar-refractivity contribution in [2.24, 2.45) is 0 Å². The number of halogens is 3. The Morgan fingerprint density at radius 1 is 1.14 bits per heavy atom. The van der Waals surface area contributed by atoms with Crippen molar-refractivity contribution >= 4 is 10.1 Å². The first-order valence-electron chi connectivity index (χ1n) is 6.46. The summed E-state index contributed by atoms with van der Waals surface area (Å²) in [5, 5.41) is 0. The highest BCUT2D eigenvalue weighted by molar-refractivity contribution is 7.88. The molecule has 0 amide bonds. The first-order chi connectivity index (χ1) is 10.2. The molecule has 1 heterocycles. The van der Waals surface area contributed by atoms with Crippen LogP contribution in [-0.2, 0) is 23.1 Å². The number of benzene rings is 1. The molecule has 2 rings (SSSR count). The van der Waals surface area contributed by atoms with Crippen molar-refractivity contribution in [3.8, 4) is 5.75 Å². The summed E-state index contributed by atoms with van der Waals surface area (Å²) in [6.07, 6.45) is 3.19. The maximum Gasteiger partial charge on any atom is 0.534 e. The van der Waals surface area contributed by atoms with Gasteiger partial charge >= 0.3 is 15.6 Å². The van der Waals surface area contributed by atoms with Crippen LogP contribution in [0.2, 0.25) is 0 Å². The van der Waals surface area contributed by atoms with Gasteiger partial charge in [0.2, 0.25) is 0 Å². The molecule has 0 atom stereocenters. The van der Waals surface area contributed by atoms with Gasteiger partial charge in [0, 0.05) is 24.5 Å². The van der Waals surface area contributed by atoms with Crippen molar-refractivity contribution in [1.29, 1.82) is 0 Å². The molecule has 4 nitrogen and oxygen atoms in total. The van der Waals surface area contributed by atoms with Crippen LogP contribution in [0.3, 0.4) is 0 Å². The summed E-state index contributed by atoms with van der Waals surface area (Å²) in [5.74, 6) is -0.296. The zero-order valence-corrected chi connectivity index (χ0v) is 12.5. The number of nitrogens with zero attached hydrogens (tertiary/aromatic N) is 1. The second kappa shape index (κ2) is 6.04. The number of hydrogen-bond acceptors (Lipinski definition) is 3. The Morgan fingerprint density at radius 3 is 2.32 bits per heavy atom. The molecule has 0 aliphatic heterocycles. The largest absolute Gasteiger partial charge is 0.534 e. The van der Waals surface area contributed by atoms with Crippen molar-refractivity contribution in [3.05, 3.63) is 53.9 Å². The van der Waals surface area contributed by atoms with E-state index in [9.17, 15) is 21.6 Å². The summed E-state index contributed by atoms with van der Waals surface area (Å²) in [6.45, 7) is 2.11. The highest BCUT2D eigenvalue weighted by Gasteiger charge is 2.48. The molecule has 120 valence electrons. The normalized spacial score (nSPS) is 12.4. The molecule has 0 fully saturated rings. The number of alkyl halides is 3. The lowest BCUT2D eigenvalue weighted by Crippen LogP contribution is -2.28. The van der Waals surface area contributed by atoms with Crippen molar-refractivity contribution in [2.45, 2.75) is 25.4 Å². The van der Waals surface area contributed by atoms with E-state index in [1.54, 1.807) is 17.7 Å². The number of hydrogen-bond donors (Lipinski definition) is 0. The predicted molar refractivity (Wildman–Crippen MR) is 75.0 cm³/mol. The fraction of sp³-hybridized carbons (Fsp3) is 0.286. The van der Waals surface area contributed by atoms with Gasteiger partial charge in [-0.15, -0.1) is 0 Å². The van der Waals surface area contributed by atoms with Gasteiger partial charge in [0.15, 0.2) is 5.75 Å². The van der Waals surface area contributed by atoms with Gasteiger partial charge in [0.25, 0.3) is 0 Å². The van der Waals surface area contributed by atoms with Gasteiger partial charge in [-0.3, -0.25) is 0 Å². The molecule has 0 aliphatic rings. The molecule has 1 aromatic heterocycles. The summed E-state index contributed by atoms with van der Waals surface area (Å²) in [4.78, 5) is 0. The zero-order valence-electron chi connectivity index (χ0n) is 11.7. The van der Waals surface area contributed by atoms with E-state index in [-0.39, 0.29) is 5.75 Å².